The van der Waals surface area contributed by atoms with Gasteiger partial charge in [0.05, 0.1) is 0 Å². The van der Waals surface area contributed by atoms with E-state index in [0.29, 0.717) is 18.7 Å². The van der Waals surface area contributed by atoms with Gasteiger partial charge in [0.2, 0.25) is 0 Å². The number of fused-ring (bicyclic) bond motifs is 1. The number of carboxylic acids is 1. The maximum Gasteiger partial charge on any atom is 0.303 e. The molecule has 0 saturated heterocycles. The van der Waals surface area contributed by atoms with Crippen LogP contribution in [0.15, 0.2) is 66.7 Å². The summed E-state index contributed by atoms with van der Waals surface area (Å²) in [5.41, 5.74) is 2.02. The fraction of sp³-hybridized carbons (Fsp3) is 0.217. The topological polar surface area (TPSA) is 66.8 Å². The Kier molecular flexibility index (Phi) is 6.27. The average molecular weight is 377 g/mol. The van der Waals surface area contributed by atoms with Crippen molar-refractivity contribution in [3.05, 3.63) is 77.9 Å². The monoisotopic (exact) mass is 377 g/mol. The number of likely N-dealkylation sites (N-methyl/N-ethyl adjacent to an activating group) is 1. The maximum atomic E-state index is 12.4. The van der Waals surface area contributed by atoms with Crippen molar-refractivity contribution in [2.75, 3.05) is 13.7 Å². The molecule has 0 atom stereocenters. The summed E-state index contributed by atoms with van der Waals surface area (Å²) in [5, 5.41) is 11.0. The standard InChI is InChI=1S/C23H23NO4/c1-24(15-19-7-4-6-18-5-2-3-8-21(18)19)22(25)16-28-20-12-9-17(10-13-20)11-14-23(26)27/h2-10,12-13H,11,14-16H2,1H3,(H,26,27). The van der Waals surface area contributed by atoms with E-state index in [2.05, 4.69) is 18.2 Å². The van der Waals surface area contributed by atoms with Crippen molar-refractivity contribution in [2.24, 2.45) is 0 Å². The molecule has 0 aliphatic carbocycles. The second kappa shape index (κ2) is 9.04. The normalized spacial score (nSPS) is 10.6. The Balaban J connectivity index is 1.55. The third-order valence-corrected chi connectivity index (χ3v) is 4.63. The predicted molar refractivity (Wildman–Crippen MR) is 108 cm³/mol. The molecule has 0 heterocycles. The molecule has 0 unspecified atom stereocenters. The summed E-state index contributed by atoms with van der Waals surface area (Å²) in [6.45, 7) is 0.466. The fourth-order valence-electron chi connectivity index (χ4n) is 3.03. The third kappa shape index (κ3) is 5.10. The summed E-state index contributed by atoms with van der Waals surface area (Å²) in [5.74, 6) is -0.339. The number of amides is 1. The van der Waals surface area contributed by atoms with Crippen LogP contribution in [0, 0.1) is 0 Å². The molecule has 0 aromatic heterocycles. The number of carbonyl (C=O) groups excluding carboxylic acids is 1. The van der Waals surface area contributed by atoms with Gasteiger partial charge in [-0.1, -0.05) is 54.6 Å². The van der Waals surface area contributed by atoms with E-state index in [1.807, 2.05) is 36.4 Å². The average Bonchev–Trinajstić information content (AvgIpc) is 2.71. The largest absolute Gasteiger partial charge is 0.484 e. The summed E-state index contributed by atoms with van der Waals surface area (Å²) >= 11 is 0. The Labute approximate surface area is 164 Å². The van der Waals surface area contributed by atoms with Gasteiger partial charge in [0.15, 0.2) is 6.61 Å². The van der Waals surface area contributed by atoms with Gasteiger partial charge in [-0.05, 0) is 40.5 Å². The maximum absolute atomic E-state index is 12.4. The second-order valence-electron chi connectivity index (χ2n) is 6.71. The molecule has 144 valence electrons. The zero-order chi connectivity index (χ0) is 19.9. The minimum absolute atomic E-state index is 0.0459. The molecule has 3 aromatic carbocycles. The van der Waals surface area contributed by atoms with Crippen molar-refractivity contribution >= 4 is 22.6 Å². The van der Waals surface area contributed by atoms with E-state index < -0.39 is 5.97 Å². The van der Waals surface area contributed by atoms with Gasteiger partial charge >= 0.3 is 5.97 Å². The minimum atomic E-state index is -0.819. The van der Waals surface area contributed by atoms with Crippen LogP contribution < -0.4 is 4.74 Å². The zero-order valence-electron chi connectivity index (χ0n) is 15.8. The zero-order valence-corrected chi connectivity index (χ0v) is 15.8. The van der Waals surface area contributed by atoms with Gasteiger partial charge in [-0.2, -0.15) is 0 Å². The number of hydrogen-bond acceptors (Lipinski definition) is 3. The molecule has 5 heteroatoms. The molecule has 0 radical (unpaired) electrons. The summed E-state index contributed by atoms with van der Waals surface area (Å²) in [6, 6.07) is 21.4. The molecular weight excluding hydrogens is 354 g/mol. The van der Waals surface area contributed by atoms with E-state index in [9.17, 15) is 9.59 Å². The second-order valence-corrected chi connectivity index (χ2v) is 6.71. The highest BCUT2D eigenvalue weighted by molar-refractivity contribution is 5.86. The Morgan fingerprint density at radius 3 is 2.43 bits per heavy atom. The number of carbonyl (C=O) groups is 2. The van der Waals surface area contributed by atoms with Crippen LogP contribution in [-0.4, -0.2) is 35.5 Å². The van der Waals surface area contributed by atoms with Gasteiger partial charge in [0.1, 0.15) is 5.75 Å². The van der Waals surface area contributed by atoms with Crippen LogP contribution in [0.4, 0.5) is 0 Å². The summed E-state index contributed by atoms with van der Waals surface area (Å²) in [4.78, 5) is 24.7. The fourth-order valence-corrected chi connectivity index (χ4v) is 3.03. The molecular formula is C23H23NO4. The molecule has 3 aromatic rings. The van der Waals surface area contributed by atoms with Gasteiger partial charge in [-0.3, -0.25) is 9.59 Å². The first-order chi connectivity index (χ1) is 13.5. The lowest BCUT2D eigenvalue weighted by Gasteiger charge is -2.19. The molecule has 0 fully saturated rings. The van der Waals surface area contributed by atoms with Crippen LogP contribution in [0.3, 0.4) is 0 Å². The van der Waals surface area contributed by atoms with Crippen LogP contribution in [0.5, 0.6) is 5.75 Å². The van der Waals surface area contributed by atoms with Crippen molar-refractivity contribution < 1.29 is 19.4 Å². The van der Waals surface area contributed by atoms with Crippen molar-refractivity contribution in [3.63, 3.8) is 0 Å². The van der Waals surface area contributed by atoms with E-state index in [-0.39, 0.29) is 18.9 Å². The Morgan fingerprint density at radius 2 is 1.68 bits per heavy atom. The number of ether oxygens (including phenoxy) is 1. The molecule has 0 aliphatic rings. The summed E-state index contributed by atoms with van der Waals surface area (Å²) in [7, 11) is 1.77. The number of aliphatic carboxylic acids is 1. The molecule has 3 rings (SSSR count). The Hall–Kier alpha value is -3.34. The van der Waals surface area contributed by atoms with Crippen molar-refractivity contribution in [2.45, 2.75) is 19.4 Å². The predicted octanol–water partition coefficient (Wildman–Crippen LogP) is 3.89. The summed E-state index contributed by atoms with van der Waals surface area (Å²) < 4.78 is 5.59. The first-order valence-electron chi connectivity index (χ1n) is 9.17. The number of benzene rings is 3. The van der Waals surface area contributed by atoms with Crippen molar-refractivity contribution in [1.82, 2.24) is 4.90 Å². The highest BCUT2D eigenvalue weighted by atomic mass is 16.5. The molecule has 1 N–H and O–H groups in total. The lowest BCUT2D eigenvalue weighted by molar-refractivity contribution is -0.137. The number of nitrogens with zero attached hydrogens (tertiary/aromatic N) is 1. The summed E-state index contributed by atoms with van der Waals surface area (Å²) in [6.07, 6.45) is 0.569. The van der Waals surface area contributed by atoms with Gasteiger partial charge in [0.25, 0.3) is 5.91 Å². The highest BCUT2D eigenvalue weighted by Gasteiger charge is 2.12. The number of hydrogen-bond donors (Lipinski definition) is 1. The van der Waals surface area contributed by atoms with Crippen LogP contribution in [-0.2, 0) is 22.6 Å². The minimum Gasteiger partial charge on any atom is -0.484 e. The third-order valence-electron chi connectivity index (χ3n) is 4.63. The first kappa shape index (κ1) is 19.4. The van der Waals surface area contributed by atoms with E-state index in [1.54, 1.807) is 24.1 Å². The molecule has 28 heavy (non-hydrogen) atoms. The first-order valence-corrected chi connectivity index (χ1v) is 9.17. The molecule has 0 aliphatic heterocycles. The Morgan fingerprint density at radius 1 is 0.964 bits per heavy atom. The SMILES string of the molecule is CN(Cc1cccc2ccccc12)C(=O)COc1ccc(CCC(=O)O)cc1. The molecule has 1 amide bonds. The van der Waals surface area contributed by atoms with E-state index in [0.717, 1.165) is 21.9 Å². The molecule has 5 nitrogen and oxygen atoms in total. The van der Waals surface area contributed by atoms with Gasteiger partial charge in [0, 0.05) is 20.0 Å². The van der Waals surface area contributed by atoms with Crippen molar-refractivity contribution in [1.29, 1.82) is 0 Å². The van der Waals surface area contributed by atoms with Crippen LogP contribution in [0.25, 0.3) is 10.8 Å². The van der Waals surface area contributed by atoms with Gasteiger partial charge in [-0.25, -0.2) is 0 Å². The van der Waals surface area contributed by atoms with E-state index >= 15 is 0 Å². The lowest BCUT2D eigenvalue weighted by atomic mass is 10.0. The van der Waals surface area contributed by atoms with Gasteiger partial charge in [-0.15, -0.1) is 0 Å². The van der Waals surface area contributed by atoms with E-state index in [1.165, 1.54) is 0 Å². The van der Waals surface area contributed by atoms with Crippen LogP contribution in [0.1, 0.15) is 17.5 Å². The molecule has 0 bridgehead atoms. The smallest absolute Gasteiger partial charge is 0.303 e. The van der Waals surface area contributed by atoms with E-state index in [4.69, 9.17) is 9.84 Å². The Bertz CT molecular complexity index is 961. The van der Waals surface area contributed by atoms with Crippen molar-refractivity contribution in [3.8, 4) is 5.75 Å². The highest BCUT2D eigenvalue weighted by Crippen LogP contribution is 2.20. The molecule has 0 spiro atoms. The number of aryl methyl sites for hydroxylation is 1. The number of carboxylic acid groups (broad SMARTS) is 1. The quantitative estimate of drug-likeness (QED) is 0.647. The molecule has 0 saturated carbocycles. The lowest BCUT2D eigenvalue weighted by Crippen LogP contribution is -2.31. The van der Waals surface area contributed by atoms with Crippen LogP contribution in [0.2, 0.25) is 0 Å². The van der Waals surface area contributed by atoms with Crippen LogP contribution >= 0.6 is 0 Å². The number of rotatable bonds is 8. The van der Waals surface area contributed by atoms with Gasteiger partial charge < -0.3 is 14.7 Å².